The van der Waals surface area contributed by atoms with Gasteiger partial charge in [-0.15, -0.1) is 0 Å². The van der Waals surface area contributed by atoms with Gasteiger partial charge in [-0.3, -0.25) is 9.48 Å². The van der Waals surface area contributed by atoms with Gasteiger partial charge in [0.1, 0.15) is 12.7 Å². The molecular weight excluding hydrogens is 228 g/mol. The van der Waals surface area contributed by atoms with E-state index in [0.717, 1.165) is 5.56 Å². The molecule has 5 nitrogen and oxygen atoms in total. The van der Waals surface area contributed by atoms with Crippen molar-refractivity contribution in [2.24, 2.45) is 0 Å². The Bertz CT molecular complexity index is 481. The normalized spacial score (nSPS) is 12.1. The van der Waals surface area contributed by atoms with Crippen LogP contribution in [0.4, 0.5) is 0 Å². The fourth-order valence-corrected chi connectivity index (χ4v) is 1.70. The molecule has 1 aromatic heterocycles. The van der Waals surface area contributed by atoms with E-state index in [1.807, 2.05) is 37.3 Å². The van der Waals surface area contributed by atoms with Crippen LogP contribution < -0.4 is 5.32 Å². The molecule has 0 aliphatic heterocycles. The molecule has 5 heteroatoms. The molecule has 1 N–H and O–H groups in total. The van der Waals surface area contributed by atoms with Crippen LogP contribution in [-0.2, 0) is 11.3 Å². The maximum Gasteiger partial charge on any atom is 0.222 e. The molecule has 94 valence electrons. The van der Waals surface area contributed by atoms with Crippen LogP contribution in [0, 0.1) is 0 Å². The van der Waals surface area contributed by atoms with E-state index in [1.54, 1.807) is 11.0 Å². The molecular formula is C13H16N4O. The lowest BCUT2D eigenvalue weighted by Crippen LogP contribution is -2.27. The van der Waals surface area contributed by atoms with Gasteiger partial charge in [0.05, 0.1) is 12.6 Å². The molecule has 0 spiro atoms. The van der Waals surface area contributed by atoms with Gasteiger partial charge in [0, 0.05) is 6.42 Å². The molecule has 0 unspecified atom stereocenters. The first kappa shape index (κ1) is 12.3. The number of aryl methyl sites for hydroxylation is 1. The summed E-state index contributed by atoms with van der Waals surface area (Å²) in [6, 6.07) is 9.92. The highest BCUT2D eigenvalue weighted by Gasteiger charge is 2.08. The highest BCUT2D eigenvalue weighted by atomic mass is 16.1. The Labute approximate surface area is 106 Å². The van der Waals surface area contributed by atoms with Gasteiger partial charge in [0.2, 0.25) is 5.91 Å². The van der Waals surface area contributed by atoms with Gasteiger partial charge >= 0.3 is 0 Å². The van der Waals surface area contributed by atoms with E-state index in [0.29, 0.717) is 13.0 Å². The summed E-state index contributed by atoms with van der Waals surface area (Å²) in [5.74, 6) is 0.0156. The Morgan fingerprint density at radius 2 is 2.17 bits per heavy atom. The van der Waals surface area contributed by atoms with Crippen molar-refractivity contribution in [1.29, 1.82) is 0 Å². The molecule has 2 rings (SSSR count). The van der Waals surface area contributed by atoms with Gasteiger partial charge in [-0.05, 0) is 12.5 Å². The molecule has 0 saturated carbocycles. The van der Waals surface area contributed by atoms with Crippen LogP contribution in [-0.4, -0.2) is 20.7 Å². The number of carbonyl (C=O) groups is 1. The zero-order valence-corrected chi connectivity index (χ0v) is 10.3. The summed E-state index contributed by atoms with van der Waals surface area (Å²) in [6.45, 7) is 2.52. The summed E-state index contributed by atoms with van der Waals surface area (Å²) in [7, 11) is 0. The summed E-state index contributed by atoms with van der Waals surface area (Å²) in [5, 5.41) is 6.91. The maximum absolute atomic E-state index is 11.7. The van der Waals surface area contributed by atoms with E-state index in [2.05, 4.69) is 15.4 Å². The van der Waals surface area contributed by atoms with Crippen molar-refractivity contribution in [3.8, 4) is 0 Å². The zero-order chi connectivity index (χ0) is 12.8. The van der Waals surface area contributed by atoms with E-state index in [4.69, 9.17) is 0 Å². The number of hydrogen-bond acceptors (Lipinski definition) is 3. The van der Waals surface area contributed by atoms with Crippen LogP contribution in [0.25, 0.3) is 0 Å². The van der Waals surface area contributed by atoms with Crippen molar-refractivity contribution in [2.75, 3.05) is 0 Å². The molecule has 1 amide bonds. The predicted octanol–water partition coefficient (Wildman–Crippen LogP) is 1.55. The van der Waals surface area contributed by atoms with Crippen LogP contribution >= 0.6 is 0 Å². The van der Waals surface area contributed by atoms with Crippen molar-refractivity contribution >= 4 is 5.91 Å². The summed E-state index contributed by atoms with van der Waals surface area (Å²) in [4.78, 5) is 15.6. The highest BCUT2D eigenvalue weighted by molar-refractivity contribution is 5.76. The second-order valence-electron chi connectivity index (χ2n) is 4.11. The van der Waals surface area contributed by atoms with Crippen LogP contribution in [0.15, 0.2) is 43.0 Å². The predicted molar refractivity (Wildman–Crippen MR) is 67.6 cm³/mol. The van der Waals surface area contributed by atoms with Crippen LogP contribution in [0.1, 0.15) is 24.9 Å². The number of rotatable bonds is 5. The molecule has 1 aromatic carbocycles. The minimum atomic E-state index is 0.0156. The molecule has 2 aromatic rings. The number of aromatic nitrogens is 3. The Hall–Kier alpha value is -2.17. The monoisotopic (exact) mass is 244 g/mol. The van der Waals surface area contributed by atoms with E-state index in [9.17, 15) is 4.79 Å². The van der Waals surface area contributed by atoms with Crippen molar-refractivity contribution in [3.05, 3.63) is 48.5 Å². The Morgan fingerprint density at radius 1 is 1.39 bits per heavy atom. The number of hydrogen-bond donors (Lipinski definition) is 1. The summed E-state index contributed by atoms with van der Waals surface area (Å²) in [6.07, 6.45) is 3.47. The number of carbonyl (C=O) groups excluding carboxylic acids is 1. The van der Waals surface area contributed by atoms with E-state index >= 15 is 0 Å². The lowest BCUT2D eigenvalue weighted by atomic mass is 10.1. The van der Waals surface area contributed by atoms with Gasteiger partial charge in [0.15, 0.2) is 0 Å². The number of amides is 1. The van der Waals surface area contributed by atoms with E-state index in [1.165, 1.54) is 6.33 Å². The molecule has 0 aliphatic rings. The van der Waals surface area contributed by atoms with Crippen molar-refractivity contribution in [2.45, 2.75) is 25.9 Å². The lowest BCUT2D eigenvalue weighted by molar-refractivity contribution is -0.122. The third-order valence-electron chi connectivity index (χ3n) is 2.71. The molecule has 1 atom stereocenters. The maximum atomic E-state index is 11.7. The molecule has 18 heavy (non-hydrogen) atoms. The number of nitrogens with one attached hydrogen (secondary N) is 1. The number of nitrogens with zero attached hydrogens (tertiary/aromatic N) is 3. The molecule has 0 saturated heterocycles. The molecule has 0 bridgehead atoms. The first-order chi connectivity index (χ1) is 8.75. The first-order valence-corrected chi connectivity index (χ1v) is 5.92. The van der Waals surface area contributed by atoms with Gasteiger partial charge in [-0.25, -0.2) is 4.98 Å². The van der Waals surface area contributed by atoms with Crippen LogP contribution in [0.5, 0.6) is 0 Å². The van der Waals surface area contributed by atoms with Crippen molar-refractivity contribution in [3.63, 3.8) is 0 Å². The van der Waals surface area contributed by atoms with Gasteiger partial charge < -0.3 is 5.32 Å². The Kier molecular flexibility index (Phi) is 4.06. The van der Waals surface area contributed by atoms with Crippen molar-refractivity contribution in [1.82, 2.24) is 20.1 Å². The quantitative estimate of drug-likeness (QED) is 0.868. The molecule has 0 aliphatic carbocycles. The van der Waals surface area contributed by atoms with Crippen LogP contribution in [0.3, 0.4) is 0 Å². The largest absolute Gasteiger partial charge is 0.350 e. The van der Waals surface area contributed by atoms with E-state index in [-0.39, 0.29) is 11.9 Å². The van der Waals surface area contributed by atoms with Gasteiger partial charge in [0.25, 0.3) is 0 Å². The smallest absolute Gasteiger partial charge is 0.222 e. The SMILES string of the molecule is C[C@H](NC(=O)CCn1cncn1)c1ccccc1. The zero-order valence-electron chi connectivity index (χ0n) is 10.3. The van der Waals surface area contributed by atoms with Gasteiger partial charge in [-0.1, -0.05) is 30.3 Å². The standard InChI is InChI=1S/C13H16N4O/c1-11(12-5-3-2-4-6-12)16-13(18)7-8-17-10-14-9-15-17/h2-6,9-11H,7-8H2,1H3,(H,16,18)/t11-/m0/s1. The molecule has 1 heterocycles. The third kappa shape index (κ3) is 3.41. The Morgan fingerprint density at radius 3 is 2.83 bits per heavy atom. The van der Waals surface area contributed by atoms with Crippen molar-refractivity contribution < 1.29 is 4.79 Å². The summed E-state index contributed by atoms with van der Waals surface area (Å²) < 4.78 is 1.65. The summed E-state index contributed by atoms with van der Waals surface area (Å²) >= 11 is 0. The van der Waals surface area contributed by atoms with Gasteiger partial charge in [-0.2, -0.15) is 5.10 Å². The number of benzene rings is 1. The second kappa shape index (κ2) is 5.95. The minimum Gasteiger partial charge on any atom is -0.350 e. The molecule has 0 radical (unpaired) electrons. The second-order valence-corrected chi connectivity index (χ2v) is 4.11. The average molecular weight is 244 g/mol. The average Bonchev–Trinajstić information content (AvgIpc) is 2.90. The molecule has 0 fully saturated rings. The fraction of sp³-hybridized carbons (Fsp3) is 0.308. The third-order valence-corrected chi connectivity index (χ3v) is 2.71. The van der Waals surface area contributed by atoms with E-state index < -0.39 is 0 Å². The highest BCUT2D eigenvalue weighted by Crippen LogP contribution is 2.11. The Balaban J connectivity index is 1.80. The minimum absolute atomic E-state index is 0.0156. The van der Waals surface area contributed by atoms with Crippen LogP contribution in [0.2, 0.25) is 0 Å². The lowest BCUT2D eigenvalue weighted by Gasteiger charge is -2.14. The first-order valence-electron chi connectivity index (χ1n) is 5.92. The topological polar surface area (TPSA) is 59.8 Å². The summed E-state index contributed by atoms with van der Waals surface area (Å²) in [5.41, 5.74) is 1.10. The fourth-order valence-electron chi connectivity index (χ4n) is 1.70.